The Bertz CT molecular complexity index is 883. The van der Waals surface area contributed by atoms with E-state index < -0.39 is 0 Å². The first kappa shape index (κ1) is 16.3. The van der Waals surface area contributed by atoms with Gasteiger partial charge in [-0.1, -0.05) is 12.1 Å². The Labute approximate surface area is 151 Å². The normalized spacial score (nSPS) is 15.2. The summed E-state index contributed by atoms with van der Waals surface area (Å²) < 4.78 is 0. The fourth-order valence-corrected chi connectivity index (χ4v) is 3.37. The lowest BCUT2D eigenvalue weighted by Crippen LogP contribution is -2.38. The Balaban J connectivity index is 1.47. The van der Waals surface area contributed by atoms with Crippen molar-refractivity contribution >= 4 is 11.7 Å². The van der Waals surface area contributed by atoms with E-state index in [-0.39, 0.29) is 5.91 Å². The van der Waals surface area contributed by atoms with Crippen molar-refractivity contribution < 1.29 is 4.79 Å². The van der Waals surface area contributed by atoms with Crippen LogP contribution in [0.4, 0.5) is 5.82 Å². The summed E-state index contributed by atoms with van der Waals surface area (Å²) >= 11 is 0. The maximum Gasteiger partial charge on any atom is 0.253 e. The van der Waals surface area contributed by atoms with E-state index in [4.69, 9.17) is 5.73 Å². The Hall–Kier alpha value is -3.22. The third kappa shape index (κ3) is 3.28. The number of nitrogens with one attached hydrogen (secondary N) is 1. The van der Waals surface area contributed by atoms with Gasteiger partial charge >= 0.3 is 0 Å². The second-order valence-electron chi connectivity index (χ2n) is 6.49. The third-order valence-electron chi connectivity index (χ3n) is 4.82. The van der Waals surface area contributed by atoms with E-state index in [1.54, 1.807) is 12.4 Å². The minimum Gasteiger partial charge on any atom is -0.382 e. The molecule has 3 heterocycles. The number of aromatic amines is 1. The molecule has 1 fully saturated rings. The van der Waals surface area contributed by atoms with E-state index in [0.29, 0.717) is 23.0 Å². The van der Waals surface area contributed by atoms with Crippen LogP contribution in [0, 0.1) is 0 Å². The average Bonchev–Trinajstić information content (AvgIpc) is 3.23. The monoisotopic (exact) mass is 348 g/mol. The number of carbonyl (C=O) groups excluding carboxylic acids is 1. The Morgan fingerprint density at radius 3 is 2.69 bits per heavy atom. The second kappa shape index (κ2) is 6.95. The molecule has 7 nitrogen and oxygen atoms in total. The molecule has 0 saturated carbocycles. The topological polar surface area (TPSA) is 101 Å². The number of hydrogen-bond acceptors (Lipinski definition) is 5. The van der Waals surface area contributed by atoms with Gasteiger partial charge < -0.3 is 10.6 Å². The highest BCUT2D eigenvalue weighted by molar-refractivity contribution is 5.95. The van der Waals surface area contributed by atoms with Gasteiger partial charge in [0.05, 0.1) is 18.1 Å². The van der Waals surface area contributed by atoms with Crippen molar-refractivity contribution in [2.45, 2.75) is 18.8 Å². The third-order valence-corrected chi connectivity index (χ3v) is 4.82. The summed E-state index contributed by atoms with van der Waals surface area (Å²) in [4.78, 5) is 23.1. The van der Waals surface area contributed by atoms with Crippen LogP contribution in [0.1, 0.15) is 34.8 Å². The zero-order valence-electron chi connectivity index (χ0n) is 14.3. The predicted molar refractivity (Wildman–Crippen MR) is 98.3 cm³/mol. The van der Waals surface area contributed by atoms with Gasteiger partial charge in [0.25, 0.3) is 5.91 Å². The number of piperidine rings is 1. The van der Waals surface area contributed by atoms with Crippen LogP contribution in [0.25, 0.3) is 11.3 Å². The SMILES string of the molecule is Nc1cnc(-c2cccc(C(=O)N3CCC(c4ccn[nH]4)CC3)c2)cn1. The van der Waals surface area contributed by atoms with Crippen LogP contribution in [0.2, 0.25) is 0 Å². The van der Waals surface area contributed by atoms with Crippen molar-refractivity contribution in [2.75, 3.05) is 18.8 Å². The number of H-pyrrole nitrogens is 1. The number of nitrogens with two attached hydrogens (primary N) is 1. The minimum atomic E-state index is 0.0540. The van der Waals surface area contributed by atoms with Crippen molar-refractivity contribution in [1.29, 1.82) is 0 Å². The van der Waals surface area contributed by atoms with Crippen LogP contribution >= 0.6 is 0 Å². The molecule has 0 unspecified atom stereocenters. The molecule has 4 rings (SSSR count). The van der Waals surface area contributed by atoms with E-state index in [0.717, 1.165) is 37.2 Å². The van der Waals surface area contributed by atoms with Crippen molar-refractivity contribution in [3.8, 4) is 11.3 Å². The molecule has 2 aromatic heterocycles. The molecular formula is C19H20N6O. The van der Waals surface area contributed by atoms with Gasteiger partial charge in [0.2, 0.25) is 0 Å². The first-order chi connectivity index (χ1) is 12.7. The summed E-state index contributed by atoms with van der Waals surface area (Å²) in [5.41, 5.74) is 8.97. The standard InChI is InChI=1S/C19H20N6O/c20-18-12-21-17(11-22-18)14-2-1-3-15(10-14)19(26)25-8-5-13(6-9-25)16-4-7-23-24-16/h1-4,7,10-13H,5-6,8-9H2,(H2,20,22)(H,23,24). The largest absolute Gasteiger partial charge is 0.382 e. The van der Waals surface area contributed by atoms with Gasteiger partial charge in [-0.2, -0.15) is 5.10 Å². The van der Waals surface area contributed by atoms with Gasteiger partial charge in [-0.3, -0.25) is 14.9 Å². The lowest BCUT2D eigenvalue weighted by atomic mass is 9.93. The van der Waals surface area contributed by atoms with Gasteiger partial charge in [-0.15, -0.1) is 0 Å². The number of aromatic nitrogens is 4. The zero-order chi connectivity index (χ0) is 17.9. The molecule has 1 aliphatic rings. The molecule has 7 heteroatoms. The zero-order valence-corrected chi connectivity index (χ0v) is 14.3. The van der Waals surface area contributed by atoms with Crippen molar-refractivity contribution in [1.82, 2.24) is 25.1 Å². The molecule has 0 aliphatic carbocycles. The molecule has 3 aromatic rings. The fourth-order valence-electron chi connectivity index (χ4n) is 3.37. The van der Waals surface area contributed by atoms with Gasteiger partial charge in [0, 0.05) is 42.0 Å². The van der Waals surface area contributed by atoms with Gasteiger partial charge in [-0.25, -0.2) is 4.98 Å². The summed E-state index contributed by atoms with van der Waals surface area (Å²) in [6.45, 7) is 1.49. The summed E-state index contributed by atoms with van der Waals surface area (Å²) in [7, 11) is 0. The van der Waals surface area contributed by atoms with E-state index in [1.165, 1.54) is 6.20 Å². The van der Waals surface area contributed by atoms with Crippen LogP contribution in [-0.4, -0.2) is 44.1 Å². The van der Waals surface area contributed by atoms with Crippen LogP contribution in [0.3, 0.4) is 0 Å². The molecule has 0 atom stereocenters. The molecule has 1 aromatic carbocycles. The highest BCUT2D eigenvalue weighted by Crippen LogP contribution is 2.27. The number of carbonyl (C=O) groups is 1. The van der Waals surface area contributed by atoms with E-state index >= 15 is 0 Å². The van der Waals surface area contributed by atoms with E-state index in [9.17, 15) is 4.79 Å². The smallest absolute Gasteiger partial charge is 0.253 e. The van der Waals surface area contributed by atoms with Gasteiger partial charge in [0.1, 0.15) is 5.82 Å². The number of hydrogen-bond donors (Lipinski definition) is 2. The molecule has 26 heavy (non-hydrogen) atoms. The quantitative estimate of drug-likeness (QED) is 0.757. The Kier molecular flexibility index (Phi) is 4.35. The molecule has 0 radical (unpaired) electrons. The maximum absolute atomic E-state index is 12.9. The van der Waals surface area contributed by atoms with Crippen molar-refractivity contribution in [2.24, 2.45) is 0 Å². The first-order valence-electron chi connectivity index (χ1n) is 8.67. The predicted octanol–water partition coefficient (Wildman–Crippen LogP) is 2.47. The molecule has 0 bridgehead atoms. The van der Waals surface area contributed by atoms with Crippen LogP contribution < -0.4 is 5.73 Å². The number of likely N-dealkylation sites (tertiary alicyclic amines) is 1. The lowest BCUT2D eigenvalue weighted by molar-refractivity contribution is 0.0712. The molecular weight excluding hydrogens is 328 g/mol. The average molecular weight is 348 g/mol. The van der Waals surface area contributed by atoms with Crippen LogP contribution in [-0.2, 0) is 0 Å². The van der Waals surface area contributed by atoms with Crippen LogP contribution in [0.5, 0.6) is 0 Å². The number of benzene rings is 1. The minimum absolute atomic E-state index is 0.0540. The van der Waals surface area contributed by atoms with Gasteiger partial charge in [0.15, 0.2) is 0 Å². The summed E-state index contributed by atoms with van der Waals surface area (Å²) in [5, 5.41) is 7.06. The summed E-state index contributed by atoms with van der Waals surface area (Å²) in [6.07, 6.45) is 6.80. The van der Waals surface area contributed by atoms with Crippen molar-refractivity contribution in [3.63, 3.8) is 0 Å². The molecule has 0 spiro atoms. The maximum atomic E-state index is 12.9. The number of anilines is 1. The molecule has 1 amide bonds. The van der Waals surface area contributed by atoms with Gasteiger partial charge in [-0.05, 0) is 31.0 Å². The summed E-state index contributed by atoms with van der Waals surface area (Å²) in [6, 6.07) is 9.51. The van der Waals surface area contributed by atoms with E-state index in [1.807, 2.05) is 35.2 Å². The molecule has 1 saturated heterocycles. The molecule has 1 aliphatic heterocycles. The molecule has 3 N–H and O–H groups in total. The second-order valence-corrected chi connectivity index (χ2v) is 6.49. The number of amides is 1. The van der Waals surface area contributed by atoms with E-state index in [2.05, 4.69) is 20.2 Å². The Morgan fingerprint density at radius 2 is 2.00 bits per heavy atom. The number of rotatable bonds is 3. The lowest BCUT2D eigenvalue weighted by Gasteiger charge is -2.31. The highest BCUT2D eigenvalue weighted by Gasteiger charge is 2.25. The van der Waals surface area contributed by atoms with Crippen LogP contribution in [0.15, 0.2) is 48.9 Å². The Morgan fingerprint density at radius 1 is 1.15 bits per heavy atom. The molecule has 132 valence electrons. The first-order valence-corrected chi connectivity index (χ1v) is 8.67. The number of nitrogens with zero attached hydrogens (tertiary/aromatic N) is 4. The fraction of sp³-hybridized carbons (Fsp3) is 0.263. The summed E-state index contributed by atoms with van der Waals surface area (Å²) in [5.74, 6) is 0.873. The number of nitrogen functional groups attached to an aromatic ring is 1. The van der Waals surface area contributed by atoms with Crippen molar-refractivity contribution in [3.05, 3.63) is 60.2 Å². The highest BCUT2D eigenvalue weighted by atomic mass is 16.2.